The lowest BCUT2D eigenvalue weighted by Crippen LogP contribution is -2.50. The molecule has 0 aliphatic carbocycles. The zero-order chi connectivity index (χ0) is 13.8. The van der Waals surface area contributed by atoms with E-state index < -0.39 is 34.8 Å². The van der Waals surface area contributed by atoms with Crippen molar-refractivity contribution in [1.82, 2.24) is 4.31 Å². The van der Waals surface area contributed by atoms with Crippen molar-refractivity contribution in [2.45, 2.75) is 25.1 Å². The van der Waals surface area contributed by atoms with Gasteiger partial charge in [0.2, 0.25) is 10.0 Å². The van der Waals surface area contributed by atoms with Gasteiger partial charge in [0, 0.05) is 18.3 Å². The lowest BCUT2D eigenvalue weighted by atomic mass is 10.3. The summed E-state index contributed by atoms with van der Waals surface area (Å²) in [6.45, 7) is 0.746. The van der Waals surface area contributed by atoms with E-state index in [0.717, 1.165) is 0 Å². The van der Waals surface area contributed by atoms with E-state index in [0.29, 0.717) is 5.33 Å². The van der Waals surface area contributed by atoms with Crippen LogP contribution in [0.5, 0.6) is 0 Å². The van der Waals surface area contributed by atoms with Crippen LogP contribution in [0, 0.1) is 0 Å². The maximum atomic E-state index is 12.0. The van der Waals surface area contributed by atoms with Crippen LogP contribution in [0.1, 0.15) is 12.8 Å². The van der Waals surface area contributed by atoms with Gasteiger partial charge in [-0.25, -0.2) is 8.42 Å². The predicted octanol–water partition coefficient (Wildman–Crippen LogP) is 1.75. The zero-order valence-corrected chi connectivity index (χ0v) is 12.0. The normalized spacial score (nSPS) is 23.2. The van der Waals surface area contributed by atoms with Crippen LogP contribution in [0.4, 0.5) is 13.2 Å². The summed E-state index contributed by atoms with van der Waals surface area (Å²) in [6, 6.07) is -0.338. The molecule has 0 bridgehead atoms. The Bertz CT molecular complexity index is 361. The highest BCUT2D eigenvalue weighted by Crippen LogP contribution is 2.23. The van der Waals surface area contributed by atoms with Gasteiger partial charge in [-0.15, -0.1) is 0 Å². The first-order chi connectivity index (χ1) is 8.26. The van der Waals surface area contributed by atoms with Gasteiger partial charge in [0.25, 0.3) is 0 Å². The molecular weight excluding hydrogens is 339 g/mol. The van der Waals surface area contributed by atoms with Crippen LogP contribution >= 0.6 is 15.9 Å². The van der Waals surface area contributed by atoms with Gasteiger partial charge in [-0.3, -0.25) is 0 Å². The molecule has 1 aliphatic heterocycles. The Balaban J connectivity index is 2.56. The van der Waals surface area contributed by atoms with E-state index in [2.05, 4.69) is 15.9 Å². The minimum atomic E-state index is -4.31. The Morgan fingerprint density at radius 2 is 2.06 bits per heavy atom. The highest BCUT2D eigenvalue weighted by molar-refractivity contribution is 9.09. The van der Waals surface area contributed by atoms with Crippen LogP contribution in [0.25, 0.3) is 0 Å². The molecule has 1 aliphatic rings. The van der Waals surface area contributed by atoms with Crippen molar-refractivity contribution >= 4 is 26.0 Å². The summed E-state index contributed by atoms with van der Waals surface area (Å²) in [7, 11) is -3.64. The van der Waals surface area contributed by atoms with Crippen molar-refractivity contribution in [3.05, 3.63) is 0 Å². The van der Waals surface area contributed by atoms with Crippen LogP contribution in [0.3, 0.4) is 0 Å². The van der Waals surface area contributed by atoms with E-state index in [9.17, 15) is 21.6 Å². The van der Waals surface area contributed by atoms with E-state index in [4.69, 9.17) is 4.74 Å². The molecule has 1 rings (SSSR count). The third-order valence-electron chi connectivity index (χ3n) is 2.57. The molecule has 9 heteroatoms. The number of sulfonamides is 1. The first-order valence-corrected chi connectivity index (χ1v) is 8.19. The van der Waals surface area contributed by atoms with Crippen molar-refractivity contribution < 1.29 is 26.3 Å². The Labute approximate surface area is 113 Å². The fraction of sp³-hybridized carbons (Fsp3) is 1.00. The fourth-order valence-corrected chi connectivity index (χ4v) is 4.11. The van der Waals surface area contributed by atoms with E-state index >= 15 is 0 Å². The predicted molar refractivity (Wildman–Crippen MR) is 64.2 cm³/mol. The van der Waals surface area contributed by atoms with Gasteiger partial charge in [0.05, 0.1) is 25.0 Å². The second-order valence-electron chi connectivity index (χ2n) is 4.03. The fourth-order valence-electron chi connectivity index (χ4n) is 1.70. The zero-order valence-electron chi connectivity index (χ0n) is 9.62. The molecule has 0 saturated carbocycles. The highest BCUT2D eigenvalue weighted by atomic mass is 79.9. The molecule has 0 aromatic heterocycles. The van der Waals surface area contributed by atoms with Gasteiger partial charge < -0.3 is 4.74 Å². The number of alkyl halides is 4. The number of hydrogen-bond acceptors (Lipinski definition) is 3. The molecule has 1 fully saturated rings. The van der Waals surface area contributed by atoms with E-state index in [1.807, 2.05) is 0 Å². The summed E-state index contributed by atoms with van der Waals surface area (Å²) in [5.74, 6) is -0.476. The smallest absolute Gasteiger partial charge is 0.378 e. The molecule has 0 N–H and O–H groups in total. The van der Waals surface area contributed by atoms with Crippen LogP contribution in [0.2, 0.25) is 0 Å². The molecule has 1 unspecified atom stereocenters. The van der Waals surface area contributed by atoms with Gasteiger partial charge in [-0.1, -0.05) is 15.9 Å². The number of morpholine rings is 1. The summed E-state index contributed by atoms with van der Waals surface area (Å²) in [5.41, 5.74) is 0. The Kier molecular flexibility index (Phi) is 5.88. The van der Waals surface area contributed by atoms with Crippen LogP contribution in [-0.2, 0) is 14.8 Å². The molecule has 0 aromatic carbocycles. The first-order valence-electron chi connectivity index (χ1n) is 5.46. The number of ether oxygens (including phenoxy) is 1. The highest BCUT2D eigenvalue weighted by Gasteiger charge is 2.33. The van der Waals surface area contributed by atoms with Crippen LogP contribution in [0.15, 0.2) is 0 Å². The van der Waals surface area contributed by atoms with Crippen molar-refractivity contribution in [1.29, 1.82) is 0 Å². The van der Waals surface area contributed by atoms with Gasteiger partial charge in [-0.2, -0.15) is 17.5 Å². The SMILES string of the molecule is O=S(=O)(CCCC(F)(F)F)N1CCOCC1CBr. The molecule has 18 heavy (non-hydrogen) atoms. The van der Waals surface area contributed by atoms with Crippen molar-refractivity contribution in [2.75, 3.05) is 30.8 Å². The molecule has 4 nitrogen and oxygen atoms in total. The average molecular weight is 354 g/mol. The van der Waals surface area contributed by atoms with Gasteiger partial charge in [0.15, 0.2) is 0 Å². The maximum Gasteiger partial charge on any atom is 0.389 e. The molecule has 1 atom stereocenters. The Morgan fingerprint density at radius 1 is 1.39 bits per heavy atom. The second-order valence-corrected chi connectivity index (χ2v) is 6.72. The van der Waals surface area contributed by atoms with Crippen LogP contribution in [-0.4, -0.2) is 55.8 Å². The number of nitrogens with zero attached hydrogens (tertiary/aromatic N) is 1. The summed E-state index contributed by atoms with van der Waals surface area (Å²) < 4.78 is 66.2. The quantitative estimate of drug-likeness (QED) is 0.707. The average Bonchev–Trinajstić information content (AvgIpc) is 2.27. The largest absolute Gasteiger partial charge is 0.389 e. The van der Waals surface area contributed by atoms with Gasteiger partial charge >= 0.3 is 6.18 Å². The minimum absolute atomic E-state index is 0.199. The summed E-state index contributed by atoms with van der Waals surface area (Å²) in [5, 5.41) is 0.408. The van der Waals surface area contributed by atoms with Crippen molar-refractivity contribution in [2.24, 2.45) is 0 Å². The molecule has 0 radical (unpaired) electrons. The molecular formula is C9H15BrF3NO3S. The molecule has 1 heterocycles. The van der Waals surface area contributed by atoms with Gasteiger partial charge in [-0.05, 0) is 6.42 Å². The maximum absolute atomic E-state index is 12.0. The van der Waals surface area contributed by atoms with Gasteiger partial charge in [0.1, 0.15) is 0 Å². The summed E-state index contributed by atoms with van der Waals surface area (Å²) >= 11 is 3.18. The molecule has 0 amide bonds. The number of hydrogen-bond donors (Lipinski definition) is 0. The van der Waals surface area contributed by atoms with Crippen molar-refractivity contribution in [3.63, 3.8) is 0 Å². The van der Waals surface area contributed by atoms with Crippen molar-refractivity contribution in [3.8, 4) is 0 Å². The van der Waals surface area contributed by atoms with E-state index in [-0.39, 0.29) is 25.8 Å². The first kappa shape index (κ1) is 16.2. The number of halogens is 4. The minimum Gasteiger partial charge on any atom is -0.378 e. The molecule has 0 spiro atoms. The third-order valence-corrected chi connectivity index (χ3v) is 5.32. The Hall–Kier alpha value is 0.140. The summed E-state index contributed by atoms with van der Waals surface area (Å²) in [4.78, 5) is 0. The van der Waals surface area contributed by atoms with E-state index in [1.165, 1.54) is 4.31 Å². The molecule has 108 valence electrons. The lowest BCUT2D eigenvalue weighted by Gasteiger charge is -2.33. The van der Waals surface area contributed by atoms with E-state index in [1.54, 1.807) is 0 Å². The summed E-state index contributed by atoms with van der Waals surface area (Å²) in [6.07, 6.45) is -5.79. The molecule has 0 aromatic rings. The monoisotopic (exact) mass is 353 g/mol. The lowest BCUT2D eigenvalue weighted by molar-refractivity contribution is -0.134. The topological polar surface area (TPSA) is 46.6 Å². The second kappa shape index (κ2) is 6.53. The van der Waals surface area contributed by atoms with Crippen LogP contribution < -0.4 is 0 Å². The third kappa shape index (κ3) is 5.02. The molecule has 1 saturated heterocycles. The Morgan fingerprint density at radius 3 is 2.61 bits per heavy atom. The standard InChI is InChI=1S/C9H15BrF3NO3S/c10-6-8-7-17-4-3-14(8)18(15,16)5-1-2-9(11,12)13/h8H,1-7H2. The number of rotatable bonds is 5.